The van der Waals surface area contributed by atoms with Crippen LogP contribution in [0.3, 0.4) is 0 Å². The van der Waals surface area contributed by atoms with E-state index in [2.05, 4.69) is 45.3 Å². The van der Waals surface area contributed by atoms with Crippen molar-refractivity contribution >= 4 is 22.6 Å². The number of nitrogens with zero attached hydrogens (tertiary/aromatic N) is 2. The summed E-state index contributed by atoms with van der Waals surface area (Å²) in [5, 5.41) is 3.02. The van der Waals surface area contributed by atoms with Gasteiger partial charge < -0.3 is 19.8 Å². The number of ether oxygens (including phenoxy) is 2. The molecular formula is C22H24N4O3. The van der Waals surface area contributed by atoms with Crippen LogP contribution < -0.4 is 14.8 Å². The van der Waals surface area contributed by atoms with Crippen molar-refractivity contribution in [2.45, 2.75) is 26.3 Å². The summed E-state index contributed by atoms with van der Waals surface area (Å²) >= 11 is 0. The van der Waals surface area contributed by atoms with E-state index in [1.807, 2.05) is 18.2 Å². The first-order valence-corrected chi connectivity index (χ1v) is 10.0. The molecule has 0 saturated carbocycles. The minimum Gasteiger partial charge on any atom is -0.454 e. The number of aromatic nitrogens is 2. The second-order valence-corrected chi connectivity index (χ2v) is 7.81. The third-order valence-electron chi connectivity index (χ3n) is 5.66. The van der Waals surface area contributed by atoms with Gasteiger partial charge in [-0.25, -0.2) is 4.98 Å². The van der Waals surface area contributed by atoms with Crippen molar-refractivity contribution in [2.24, 2.45) is 5.92 Å². The average molecular weight is 392 g/mol. The van der Waals surface area contributed by atoms with E-state index in [-0.39, 0.29) is 18.6 Å². The number of nitrogens with one attached hydrogen (secondary N) is 2. The fraction of sp³-hybridized carbons (Fsp3) is 0.364. The Morgan fingerprint density at radius 1 is 1.17 bits per heavy atom. The van der Waals surface area contributed by atoms with E-state index < -0.39 is 0 Å². The number of piperidine rings is 1. The Kier molecular flexibility index (Phi) is 4.60. The highest BCUT2D eigenvalue weighted by Crippen LogP contribution is 2.34. The molecule has 0 spiro atoms. The minimum atomic E-state index is 0.0231. The van der Waals surface area contributed by atoms with Gasteiger partial charge in [0.25, 0.3) is 0 Å². The number of anilines is 1. The second kappa shape index (κ2) is 7.40. The summed E-state index contributed by atoms with van der Waals surface area (Å²) < 4.78 is 10.7. The molecule has 2 aliphatic rings. The molecule has 3 aromatic rings. The Morgan fingerprint density at radius 2 is 2.00 bits per heavy atom. The number of amides is 1. The second-order valence-electron chi connectivity index (χ2n) is 7.81. The van der Waals surface area contributed by atoms with Gasteiger partial charge in [0.1, 0.15) is 5.82 Å². The van der Waals surface area contributed by atoms with Crippen LogP contribution in [0.2, 0.25) is 0 Å². The highest BCUT2D eigenvalue weighted by Gasteiger charge is 2.26. The summed E-state index contributed by atoms with van der Waals surface area (Å²) in [6.45, 7) is 4.87. The van der Waals surface area contributed by atoms with E-state index in [4.69, 9.17) is 9.47 Å². The summed E-state index contributed by atoms with van der Waals surface area (Å²) in [5.41, 5.74) is 4.06. The summed E-state index contributed by atoms with van der Waals surface area (Å²) in [6.07, 6.45) is 1.69. The predicted molar refractivity (Wildman–Crippen MR) is 110 cm³/mol. The van der Waals surface area contributed by atoms with E-state index in [9.17, 15) is 4.79 Å². The zero-order valence-electron chi connectivity index (χ0n) is 16.4. The lowest BCUT2D eigenvalue weighted by atomic mass is 9.96. The van der Waals surface area contributed by atoms with E-state index >= 15 is 0 Å². The molecule has 2 aliphatic heterocycles. The Hall–Kier alpha value is -3.06. The van der Waals surface area contributed by atoms with Gasteiger partial charge in [-0.05, 0) is 62.7 Å². The van der Waals surface area contributed by atoms with Crippen molar-refractivity contribution < 1.29 is 14.3 Å². The third-order valence-corrected chi connectivity index (χ3v) is 5.66. The van der Waals surface area contributed by atoms with Crippen LogP contribution in [0.4, 0.5) is 5.69 Å². The number of aryl methyl sites for hydroxylation is 1. The van der Waals surface area contributed by atoms with Crippen LogP contribution in [-0.4, -0.2) is 40.7 Å². The van der Waals surface area contributed by atoms with Crippen LogP contribution in [-0.2, 0) is 11.3 Å². The van der Waals surface area contributed by atoms with Gasteiger partial charge in [0, 0.05) is 17.7 Å². The summed E-state index contributed by atoms with van der Waals surface area (Å²) in [4.78, 5) is 23.1. The van der Waals surface area contributed by atoms with Gasteiger partial charge in [-0.3, -0.25) is 9.69 Å². The summed E-state index contributed by atoms with van der Waals surface area (Å²) in [6, 6.07) is 11.8. The lowest BCUT2D eigenvalue weighted by Gasteiger charge is -2.30. The van der Waals surface area contributed by atoms with Gasteiger partial charge in [-0.2, -0.15) is 0 Å². The molecule has 29 heavy (non-hydrogen) atoms. The molecule has 5 rings (SSSR count). The molecule has 3 heterocycles. The number of hydrogen-bond donors (Lipinski definition) is 2. The molecule has 0 radical (unpaired) electrons. The van der Waals surface area contributed by atoms with E-state index in [0.29, 0.717) is 5.75 Å². The Labute approximate surface area is 169 Å². The molecule has 7 heteroatoms. The molecule has 1 amide bonds. The van der Waals surface area contributed by atoms with Gasteiger partial charge in [0.15, 0.2) is 11.5 Å². The zero-order valence-corrected chi connectivity index (χ0v) is 16.4. The SMILES string of the molecule is Cc1ccc2nc(CN3CCC(C(=O)Nc4ccc5c(c4)OCO5)CC3)[nH]c2c1. The van der Waals surface area contributed by atoms with Gasteiger partial charge in [0.05, 0.1) is 17.6 Å². The number of carbonyl (C=O) groups is 1. The van der Waals surface area contributed by atoms with Crippen molar-refractivity contribution in [3.8, 4) is 11.5 Å². The van der Waals surface area contributed by atoms with E-state index in [1.54, 1.807) is 0 Å². The molecule has 0 unspecified atom stereocenters. The first-order chi connectivity index (χ1) is 14.1. The topological polar surface area (TPSA) is 79.5 Å². The number of likely N-dealkylation sites (tertiary alicyclic amines) is 1. The van der Waals surface area contributed by atoms with Gasteiger partial charge in [-0.15, -0.1) is 0 Å². The maximum absolute atomic E-state index is 12.7. The molecule has 1 aromatic heterocycles. The Morgan fingerprint density at radius 3 is 2.86 bits per heavy atom. The maximum Gasteiger partial charge on any atom is 0.231 e. The Bertz CT molecular complexity index is 1050. The van der Waals surface area contributed by atoms with Crippen LogP contribution in [0.25, 0.3) is 11.0 Å². The number of fused-ring (bicyclic) bond motifs is 2. The largest absolute Gasteiger partial charge is 0.454 e. The quantitative estimate of drug-likeness (QED) is 0.711. The van der Waals surface area contributed by atoms with Gasteiger partial charge in [-0.1, -0.05) is 6.07 Å². The third kappa shape index (κ3) is 3.78. The molecule has 1 saturated heterocycles. The first-order valence-electron chi connectivity index (χ1n) is 10.0. The number of imidazole rings is 1. The van der Waals surface area contributed by atoms with E-state index in [0.717, 1.165) is 60.8 Å². The first kappa shape index (κ1) is 18.0. The van der Waals surface area contributed by atoms with Crippen LogP contribution in [0, 0.1) is 12.8 Å². The van der Waals surface area contributed by atoms with Gasteiger partial charge in [0.2, 0.25) is 12.7 Å². The number of rotatable bonds is 4. The fourth-order valence-corrected chi connectivity index (χ4v) is 4.03. The standard InChI is InChI=1S/C22H24N4O3/c1-14-2-4-17-18(10-14)25-21(24-17)12-26-8-6-15(7-9-26)22(27)23-16-3-5-19-20(11-16)29-13-28-19/h2-5,10-11,15H,6-9,12-13H2,1H3,(H,23,27)(H,24,25). The lowest BCUT2D eigenvalue weighted by molar-refractivity contribution is -0.121. The molecule has 2 N–H and O–H groups in total. The van der Waals surface area contributed by atoms with Gasteiger partial charge >= 0.3 is 0 Å². The van der Waals surface area contributed by atoms with Crippen LogP contribution in [0.1, 0.15) is 24.2 Å². The summed E-state index contributed by atoms with van der Waals surface area (Å²) in [5.74, 6) is 2.47. The fourth-order valence-electron chi connectivity index (χ4n) is 4.03. The molecule has 0 aliphatic carbocycles. The molecule has 7 nitrogen and oxygen atoms in total. The predicted octanol–water partition coefficient (Wildman–Crippen LogP) is 3.45. The smallest absolute Gasteiger partial charge is 0.231 e. The molecular weight excluding hydrogens is 368 g/mol. The minimum absolute atomic E-state index is 0.0231. The number of benzene rings is 2. The normalized spacial score (nSPS) is 17.0. The van der Waals surface area contributed by atoms with Crippen LogP contribution in [0.15, 0.2) is 36.4 Å². The van der Waals surface area contributed by atoms with Crippen LogP contribution in [0.5, 0.6) is 11.5 Å². The van der Waals surface area contributed by atoms with Crippen molar-refractivity contribution in [1.82, 2.24) is 14.9 Å². The molecule has 0 atom stereocenters. The summed E-state index contributed by atoms with van der Waals surface area (Å²) in [7, 11) is 0. The van der Waals surface area contributed by atoms with Crippen molar-refractivity contribution in [3.63, 3.8) is 0 Å². The Balaban J connectivity index is 1.16. The van der Waals surface area contributed by atoms with E-state index in [1.165, 1.54) is 5.56 Å². The number of hydrogen-bond acceptors (Lipinski definition) is 5. The van der Waals surface area contributed by atoms with Crippen LogP contribution >= 0.6 is 0 Å². The average Bonchev–Trinajstić information content (AvgIpc) is 3.34. The molecule has 0 bridgehead atoms. The number of aromatic amines is 1. The molecule has 1 fully saturated rings. The monoisotopic (exact) mass is 392 g/mol. The maximum atomic E-state index is 12.7. The highest BCUT2D eigenvalue weighted by atomic mass is 16.7. The molecule has 2 aromatic carbocycles. The van der Waals surface area contributed by atoms with Crippen molar-refractivity contribution in [3.05, 3.63) is 47.8 Å². The number of H-pyrrole nitrogens is 1. The van der Waals surface area contributed by atoms with Crippen molar-refractivity contribution in [2.75, 3.05) is 25.2 Å². The number of carbonyl (C=O) groups excluding carboxylic acids is 1. The zero-order chi connectivity index (χ0) is 19.8. The van der Waals surface area contributed by atoms with Crippen molar-refractivity contribution in [1.29, 1.82) is 0 Å². The molecule has 150 valence electrons. The lowest BCUT2D eigenvalue weighted by Crippen LogP contribution is -2.38. The highest BCUT2D eigenvalue weighted by molar-refractivity contribution is 5.93.